The smallest absolute Gasteiger partial charge is 0.200 e. The van der Waals surface area contributed by atoms with Crippen molar-refractivity contribution < 1.29 is 15.3 Å². The third kappa shape index (κ3) is 4.58. The van der Waals surface area contributed by atoms with Crippen molar-refractivity contribution in [2.45, 2.75) is 32.9 Å². The van der Waals surface area contributed by atoms with Crippen molar-refractivity contribution in [1.82, 2.24) is 10.2 Å². The van der Waals surface area contributed by atoms with Gasteiger partial charge in [0.2, 0.25) is 5.75 Å². The fraction of sp³-hybridized carbons (Fsp3) is 0.600. The van der Waals surface area contributed by atoms with Gasteiger partial charge in [0.15, 0.2) is 11.5 Å². The molecule has 1 aromatic carbocycles. The van der Waals surface area contributed by atoms with E-state index >= 15 is 0 Å². The van der Waals surface area contributed by atoms with Crippen LogP contribution in [0.5, 0.6) is 17.2 Å². The molecule has 20 heavy (non-hydrogen) atoms. The number of nitrogens with one attached hydrogen (secondary N) is 1. The Labute approximate surface area is 120 Å². The second kappa shape index (κ2) is 7.36. The van der Waals surface area contributed by atoms with Gasteiger partial charge in [0.25, 0.3) is 0 Å². The number of hydrogen-bond acceptors (Lipinski definition) is 5. The first kappa shape index (κ1) is 16.6. The summed E-state index contributed by atoms with van der Waals surface area (Å²) in [7, 11) is 4.11. The average Bonchev–Trinajstić information content (AvgIpc) is 2.37. The molecule has 0 aliphatic rings. The molecule has 1 aromatic rings. The van der Waals surface area contributed by atoms with Gasteiger partial charge in [-0.15, -0.1) is 0 Å². The number of aromatic hydroxyl groups is 3. The third-order valence-corrected chi connectivity index (χ3v) is 3.38. The minimum atomic E-state index is -0.462. The number of phenolic OH excluding ortho intramolecular Hbond substituents is 3. The maximum absolute atomic E-state index is 9.74. The Morgan fingerprint density at radius 3 is 2.30 bits per heavy atom. The summed E-state index contributed by atoms with van der Waals surface area (Å²) in [5, 5.41) is 31.8. The van der Waals surface area contributed by atoms with Gasteiger partial charge in [0.1, 0.15) is 0 Å². The molecule has 1 unspecified atom stereocenters. The molecule has 0 fully saturated rings. The van der Waals surface area contributed by atoms with Crippen LogP contribution in [-0.4, -0.2) is 46.9 Å². The highest BCUT2D eigenvalue weighted by Gasteiger charge is 2.14. The summed E-state index contributed by atoms with van der Waals surface area (Å²) in [4.78, 5) is 2.18. The van der Waals surface area contributed by atoms with E-state index in [2.05, 4.69) is 38.2 Å². The van der Waals surface area contributed by atoms with E-state index in [0.717, 1.165) is 13.0 Å². The predicted octanol–water partition coefficient (Wildman–Crippen LogP) is 1.87. The highest BCUT2D eigenvalue weighted by Crippen LogP contribution is 2.36. The molecule has 0 radical (unpaired) electrons. The maximum Gasteiger partial charge on any atom is 0.200 e. The molecule has 1 atom stereocenters. The van der Waals surface area contributed by atoms with Crippen LogP contribution < -0.4 is 5.32 Å². The van der Waals surface area contributed by atoms with Crippen LogP contribution in [0, 0.1) is 5.92 Å². The molecule has 5 nitrogen and oxygen atoms in total. The first-order valence-electron chi connectivity index (χ1n) is 6.92. The minimum Gasteiger partial charge on any atom is -0.504 e. The van der Waals surface area contributed by atoms with Gasteiger partial charge < -0.3 is 25.5 Å². The van der Waals surface area contributed by atoms with Gasteiger partial charge in [-0.2, -0.15) is 0 Å². The third-order valence-electron chi connectivity index (χ3n) is 3.38. The lowest BCUT2D eigenvalue weighted by Gasteiger charge is -2.26. The monoisotopic (exact) mass is 282 g/mol. The number of phenols is 3. The molecule has 0 aliphatic carbocycles. The van der Waals surface area contributed by atoms with Gasteiger partial charge in [-0.05, 0) is 32.5 Å². The van der Waals surface area contributed by atoms with E-state index in [0.29, 0.717) is 24.1 Å². The van der Waals surface area contributed by atoms with Crippen LogP contribution in [0.4, 0.5) is 0 Å². The molecule has 1 rings (SSSR count). The molecule has 0 spiro atoms. The normalized spacial score (nSPS) is 13.1. The van der Waals surface area contributed by atoms with Crippen LogP contribution in [0.3, 0.4) is 0 Å². The second-order valence-corrected chi connectivity index (χ2v) is 5.82. The summed E-state index contributed by atoms with van der Waals surface area (Å²) < 4.78 is 0. The van der Waals surface area contributed by atoms with Crippen molar-refractivity contribution >= 4 is 0 Å². The minimum absolute atomic E-state index is 0.261. The molecule has 0 bridgehead atoms. The van der Waals surface area contributed by atoms with Gasteiger partial charge in [-0.3, -0.25) is 0 Å². The summed E-state index contributed by atoms with van der Waals surface area (Å²) in [6.45, 7) is 5.63. The van der Waals surface area contributed by atoms with Crippen molar-refractivity contribution in [3.8, 4) is 17.2 Å². The summed E-state index contributed by atoms with van der Waals surface area (Å²) in [5.41, 5.74) is 0.572. The van der Waals surface area contributed by atoms with Crippen molar-refractivity contribution in [3.05, 3.63) is 17.7 Å². The number of nitrogens with zero attached hydrogens (tertiary/aromatic N) is 1. The van der Waals surface area contributed by atoms with Crippen LogP contribution in [0.25, 0.3) is 0 Å². The Morgan fingerprint density at radius 2 is 1.75 bits per heavy atom. The lowest BCUT2D eigenvalue weighted by atomic mass is 10.0. The molecule has 4 N–H and O–H groups in total. The largest absolute Gasteiger partial charge is 0.504 e. The van der Waals surface area contributed by atoms with Crippen molar-refractivity contribution in [2.75, 3.05) is 20.6 Å². The molecule has 5 heteroatoms. The van der Waals surface area contributed by atoms with Crippen LogP contribution in [0.1, 0.15) is 25.8 Å². The van der Waals surface area contributed by atoms with E-state index in [1.165, 1.54) is 6.07 Å². The van der Waals surface area contributed by atoms with Gasteiger partial charge in [-0.1, -0.05) is 19.9 Å². The van der Waals surface area contributed by atoms with E-state index in [4.69, 9.17) is 0 Å². The molecule has 0 aromatic heterocycles. The van der Waals surface area contributed by atoms with Crippen LogP contribution >= 0.6 is 0 Å². The highest BCUT2D eigenvalue weighted by atomic mass is 16.3. The van der Waals surface area contributed by atoms with Gasteiger partial charge in [0, 0.05) is 24.7 Å². The zero-order chi connectivity index (χ0) is 15.3. The highest BCUT2D eigenvalue weighted by molar-refractivity contribution is 5.52. The fourth-order valence-corrected chi connectivity index (χ4v) is 2.15. The SMILES string of the molecule is CC(C)CC(CNCc1ccc(O)c(O)c1O)N(C)C. The molecule has 0 saturated carbocycles. The predicted molar refractivity (Wildman–Crippen MR) is 80.1 cm³/mol. The summed E-state index contributed by atoms with van der Waals surface area (Å²) in [6.07, 6.45) is 1.09. The Kier molecular flexibility index (Phi) is 6.10. The number of likely N-dealkylation sites (N-methyl/N-ethyl adjacent to an activating group) is 1. The lowest BCUT2D eigenvalue weighted by Crippen LogP contribution is -2.38. The molecular weight excluding hydrogens is 256 g/mol. The van der Waals surface area contributed by atoms with Gasteiger partial charge in [-0.25, -0.2) is 0 Å². The number of benzene rings is 1. The molecule has 0 amide bonds. The first-order valence-corrected chi connectivity index (χ1v) is 6.92. The van der Waals surface area contributed by atoms with Crippen LogP contribution in [0.2, 0.25) is 0 Å². The van der Waals surface area contributed by atoms with Crippen molar-refractivity contribution in [1.29, 1.82) is 0 Å². The van der Waals surface area contributed by atoms with Gasteiger partial charge in [0.05, 0.1) is 0 Å². The molecule has 0 heterocycles. The Bertz CT molecular complexity index is 433. The van der Waals surface area contributed by atoms with E-state index in [9.17, 15) is 15.3 Å². The lowest BCUT2D eigenvalue weighted by molar-refractivity contribution is 0.246. The summed E-state index contributed by atoms with van der Waals surface area (Å²) in [6, 6.07) is 3.40. The number of hydrogen-bond donors (Lipinski definition) is 4. The average molecular weight is 282 g/mol. The van der Waals surface area contributed by atoms with Crippen molar-refractivity contribution in [2.24, 2.45) is 5.92 Å². The Morgan fingerprint density at radius 1 is 1.10 bits per heavy atom. The topological polar surface area (TPSA) is 76.0 Å². The van der Waals surface area contributed by atoms with Crippen molar-refractivity contribution in [3.63, 3.8) is 0 Å². The summed E-state index contributed by atoms with van der Waals surface area (Å²) >= 11 is 0. The first-order chi connectivity index (χ1) is 9.32. The van der Waals surface area contributed by atoms with Gasteiger partial charge >= 0.3 is 0 Å². The standard InChI is InChI=1S/C15H26N2O3/c1-10(2)7-12(17(3)4)9-16-8-11-5-6-13(18)15(20)14(11)19/h5-6,10,12,16,18-20H,7-9H2,1-4H3. The molecule has 114 valence electrons. The van der Waals surface area contributed by atoms with Crippen LogP contribution in [-0.2, 0) is 6.54 Å². The van der Waals surface area contributed by atoms with E-state index < -0.39 is 5.75 Å². The molecule has 0 saturated heterocycles. The molecular formula is C15H26N2O3. The number of rotatable bonds is 7. The fourth-order valence-electron chi connectivity index (χ4n) is 2.15. The second-order valence-electron chi connectivity index (χ2n) is 5.82. The molecule has 0 aliphatic heterocycles. The zero-order valence-electron chi connectivity index (χ0n) is 12.7. The maximum atomic E-state index is 9.74. The Hall–Kier alpha value is -1.46. The van der Waals surface area contributed by atoms with E-state index in [1.807, 2.05) is 0 Å². The Balaban J connectivity index is 2.57. The van der Waals surface area contributed by atoms with Crippen LogP contribution in [0.15, 0.2) is 12.1 Å². The van der Waals surface area contributed by atoms with E-state index in [1.54, 1.807) is 6.07 Å². The van der Waals surface area contributed by atoms with E-state index in [-0.39, 0.29) is 11.5 Å². The zero-order valence-corrected chi connectivity index (χ0v) is 12.7. The summed E-state index contributed by atoms with van der Waals surface area (Å²) in [5.74, 6) is -0.411. The quantitative estimate of drug-likeness (QED) is 0.574.